The van der Waals surface area contributed by atoms with E-state index in [1.807, 2.05) is 6.07 Å². The van der Waals surface area contributed by atoms with Gasteiger partial charge < -0.3 is 9.64 Å². The zero-order valence-electron chi connectivity index (χ0n) is 16.8. The number of benzene rings is 2. The third-order valence-electron chi connectivity index (χ3n) is 5.71. The molecule has 0 N–H and O–H groups in total. The molecular weight excluding hydrogens is 388 g/mol. The fourth-order valence-electron chi connectivity index (χ4n) is 4.03. The van der Waals surface area contributed by atoms with E-state index < -0.39 is 10.0 Å². The molecule has 1 aliphatic heterocycles. The molecule has 1 heterocycles. The summed E-state index contributed by atoms with van der Waals surface area (Å²) in [5.41, 5.74) is 4.34. The molecule has 6 nitrogen and oxygen atoms in total. The molecule has 29 heavy (non-hydrogen) atoms. The predicted octanol–water partition coefficient (Wildman–Crippen LogP) is 2.78. The summed E-state index contributed by atoms with van der Waals surface area (Å²) < 4.78 is 31.6. The van der Waals surface area contributed by atoms with Crippen LogP contribution in [0.25, 0.3) is 0 Å². The van der Waals surface area contributed by atoms with E-state index in [9.17, 15) is 13.2 Å². The molecule has 0 spiro atoms. The van der Waals surface area contributed by atoms with Gasteiger partial charge in [0.05, 0.1) is 4.90 Å². The second kappa shape index (κ2) is 7.80. The van der Waals surface area contributed by atoms with Gasteiger partial charge in [-0.1, -0.05) is 6.07 Å². The van der Waals surface area contributed by atoms with Crippen LogP contribution < -0.4 is 9.64 Å². The number of fused-ring (bicyclic) bond motifs is 2. The molecule has 1 amide bonds. The number of aryl methyl sites for hydroxylation is 2. The molecular formula is C22H26N2O4S. The summed E-state index contributed by atoms with van der Waals surface area (Å²) in [7, 11) is -0.464. The van der Waals surface area contributed by atoms with Crippen molar-refractivity contribution >= 4 is 21.6 Å². The van der Waals surface area contributed by atoms with Gasteiger partial charge in [0.2, 0.25) is 10.0 Å². The molecule has 1 aliphatic carbocycles. The van der Waals surface area contributed by atoms with E-state index in [4.69, 9.17) is 4.74 Å². The molecule has 0 saturated heterocycles. The highest BCUT2D eigenvalue weighted by atomic mass is 32.2. The molecule has 0 aromatic heterocycles. The van der Waals surface area contributed by atoms with Crippen molar-refractivity contribution in [3.63, 3.8) is 0 Å². The van der Waals surface area contributed by atoms with Crippen molar-refractivity contribution in [2.24, 2.45) is 0 Å². The van der Waals surface area contributed by atoms with E-state index in [0.29, 0.717) is 13.0 Å². The lowest BCUT2D eigenvalue weighted by Gasteiger charge is -2.19. The largest absolute Gasteiger partial charge is 0.484 e. The number of anilines is 1. The Morgan fingerprint density at radius 2 is 1.76 bits per heavy atom. The predicted molar refractivity (Wildman–Crippen MR) is 112 cm³/mol. The lowest BCUT2D eigenvalue weighted by Crippen LogP contribution is -2.33. The van der Waals surface area contributed by atoms with Crippen LogP contribution in [-0.2, 0) is 34.1 Å². The number of hydrogen-bond donors (Lipinski definition) is 0. The van der Waals surface area contributed by atoms with Crippen LogP contribution in [0.2, 0.25) is 0 Å². The number of amides is 1. The van der Waals surface area contributed by atoms with Crippen molar-refractivity contribution < 1.29 is 17.9 Å². The van der Waals surface area contributed by atoms with Gasteiger partial charge in [0.15, 0.2) is 6.61 Å². The first kappa shape index (κ1) is 19.9. The zero-order valence-corrected chi connectivity index (χ0v) is 17.7. The molecule has 0 fully saturated rings. The Morgan fingerprint density at radius 1 is 1.00 bits per heavy atom. The highest BCUT2D eigenvalue weighted by Gasteiger charge is 2.27. The smallest absolute Gasteiger partial charge is 0.264 e. The van der Waals surface area contributed by atoms with Gasteiger partial charge in [-0.2, -0.15) is 0 Å². The van der Waals surface area contributed by atoms with Crippen molar-refractivity contribution in [2.45, 2.75) is 37.0 Å². The summed E-state index contributed by atoms with van der Waals surface area (Å²) >= 11 is 0. The Labute approximate surface area is 172 Å². The van der Waals surface area contributed by atoms with E-state index >= 15 is 0 Å². The molecule has 2 aliphatic rings. The topological polar surface area (TPSA) is 66.9 Å². The molecule has 7 heteroatoms. The molecule has 4 rings (SSSR count). The van der Waals surface area contributed by atoms with Gasteiger partial charge in [-0.15, -0.1) is 0 Å². The third-order valence-corrected chi connectivity index (χ3v) is 7.52. The molecule has 154 valence electrons. The summed E-state index contributed by atoms with van der Waals surface area (Å²) in [4.78, 5) is 14.7. The molecule has 0 saturated carbocycles. The summed E-state index contributed by atoms with van der Waals surface area (Å²) in [6.45, 7) is 0.503. The maximum absolute atomic E-state index is 12.7. The summed E-state index contributed by atoms with van der Waals surface area (Å²) in [6.07, 6.45) is 5.25. The lowest BCUT2D eigenvalue weighted by atomic mass is 9.92. The second-order valence-corrected chi connectivity index (χ2v) is 9.95. The van der Waals surface area contributed by atoms with Crippen LogP contribution in [0.1, 0.15) is 29.5 Å². The summed E-state index contributed by atoms with van der Waals surface area (Å²) in [5.74, 6) is 0.607. The second-order valence-electron chi connectivity index (χ2n) is 7.80. The fourth-order valence-corrected chi connectivity index (χ4v) is 4.98. The van der Waals surface area contributed by atoms with E-state index in [2.05, 4.69) is 12.1 Å². The minimum absolute atomic E-state index is 0.0318. The van der Waals surface area contributed by atoms with Gasteiger partial charge in [0, 0.05) is 26.3 Å². The Balaban J connectivity index is 1.45. The first-order valence-electron chi connectivity index (χ1n) is 9.97. The van der Waals surface area contributed by atoms with E-state index in [1.165, 1.54) is 42.4 Å². The van der Waals surface area contributed by atoms with Crippen molar-refractivity contribution in [3.8, 4) is 5.75 Å². The Hall–Kier alpha value is -2.38. The first-order chi connectivity index (χ1) is 13.9. The first-order valence-corrected chi connectivity index (χ1v) is 11.4. The van der Waals surface area contributed by atoms with Crippen molar-refractivity contribution in [1.29, 1.82) is 0 Å². The van der Waals surface area contributed by atoms with Crippen LogP contribution in [0.5, 0.6) is 5.75 Å². The quantitative estimate of drug-likeness (QED) is 0.755. The molecule has 0 unspecified atom stereocenters. The number of carbonyl (C=O) groups excluding carboxylic acids is 1. The molecule has 0 radical (unpaired) electrons. The molecule has 0 atom stereocenters. The van der Waals surface area contributed by atoms with E-state index in [-0.39, 0.29) is 17.4 Å². The number of hydrogen-bond acceptors (Lipinski definition) is 4. The number of rotatable bonds is 5. The number of ether oxygens (including phenoxy) is 1. The van der Waals surface area contributed by atoms with Crippen LogP contribution in [0, 0.1) is 0 Å². The molecule has 0 bridgehead atoms. The number of nitrogens with zero attached hydrogens (tertiary/aromatic N) is 2. The van der Waals surface area contributed by atoms with E-state index in [1.54, 1.807) is 23.1 Å². The van der Waals surface area contributed by atoms with Gasteiger partial charge >= 0.3 is 0 Å². The van der Waals surface area contributed by atoms with Crippen LogP contribution in [0.4, 0.5) is 5.69 Å². The minimum atomic E-state index is -3.48. The zero-order chi connectivity index (χ0) is 20.6. The van der Waals surface area contributed by atoms with E-state index in [0.717, 1.165) is 29.8 Å². The van der Waals surface area contributed by atoms with Gasteiger partial charge in [0.25, 0.3) is 5.91 Å². The number of sulfonamides is 1. The summed E-state index contributed by atoms with van der Waals surface area (Å²) in [5, 5.41) is 0. The van der Waals surface area contributed by atoms with Crippen LogP contribution >= 0.6 is 0 Å². The van der Waals surface area contributed by atoms with Crippen LogP contribution in [0.3, 0.4) is 0 Å². The van der Waals surface area contributed by atoms with Gasteiger partial charge in [-0.3, -0.25) is 4.79 Å². The van der Waals surface area contributed by atoms with Crippen molar-refractivity contribution in [1.82, 2.24) is 4.31 Å². The Morgan fingerprint density at radius 3 is 2.52 bits per heavy atom. The highest BCUT2D eigenvalue weighted by Crippen LogP contribution is 2.31. The molecule has 2 aromatic carbocycles. The Kier molecular flexibility index (Phi) is 5.36. The van der Waals surface area contributed by atoms with Crippen LogP contribution in [-0.4, -0.2) is 45.9 Å². The van der Waals surface area contributed by atoms with Crippen molar-refractivity contribution in [2.75, 3.05) is 32.1 Å². The van der Waals surface area contributed by atoms with Crippen molar-refractivity contribution in [3.05, 3.63) is 53.1 Å². The van der Waals surface area contributed by atoms with Gasteiger partial charge in [-0.25, -0.2) is 12.7 Å². The maximum atomic E-state index is 12.7. The monoisotopic (exact) mass is 414 g/mol. The average molecular weight is 415 g/mol. The fraction of sp³-hybridized carbons (Fsp3) is 0.409. The standard InChI is InChI=1S/C22H26N2O4S/c1-23(2)29(26,27)20-9-10-21-18(14-20)11-12-24(21)22(25)15-28-19-8-7-16-5-3-4-6-17(16)13-19/h7-10,13-14H,3-6,11-12,15H2,1-2H3. The van der Waals surface area contributed by atoms with Gasteiger partial charge in [0.1, 0.15) is 5.75 Å². The normalized spacial score (nSPS) is 15.9. The SMILES string of the molecule is CN(C)S(=O)(=O)c1ccc2c(c1)CCN2C(=O)COc1ccc2c(c1)CCCC2. The third kappa shape index (κ3) is 3.89. The summed E-state index contributed by atoms with van der Waals surface area (Å²) in [6, 6.07) is 11.0. The minimum Gasteiger partial charge on any atom is -0.484 e. The van der Waals surface area contributed by atoms with Crippen LogP contribution in [0.15, 0.2) is 41.3 Å². The Bertz CT molecular complexity index is 1050. The average Bonchev–Trinajstić information content (AvgIpc) is 3.15. The van der Waals surface area contributed by atoms with Gasteiger partial charge in [-0.05, 0) is 79.1 Å². The maximum Gasteiger partial charge on any atom is 0.264 e. The molecule has 2 aromatic rings. The number of carbonyl (C=O) groups is 1. The lowest BCUT2D eigenvalue weighted by molar-refractivity contribution is -0.120. The highest BCUT2D eigenvalue weighted by molar-refractivity contribution is 7.89.